The zero-order valence-corrected chi connectivity index (χ0v) is 8.44. The number of nitrogens with zero attached hydrogens (tertiary/aromatic N) is 2. The van der Waals surface area contributed by atoms with Gasteiger partial charge in [-0.3, -0.25) is 0 Å². The molecular weight excluding hydrogens is 176 g/mol. The number of aryl methyl sites for hydroxylation is 1. The van der Waals surface area contributed by atoms with Crippen LogP contribution < -0.4 is 0 Å². The summed E-state index contributed by atoms with van der Waals surface area (Å²) in [7, 11) is 3.67. The SMILES string of the molecule is CN(O)Cc1cc2ccccc2n1C. The van der Waals surface area contributed by atoms with Gasteiger partial charge in [0.25, 0.3) is 0 Å². The fourth-order valence-electron chi connectivity index (χ4n) is 1.73. The Bertz CT molecular complexity index is 445. The van der Waals surface area contributed by atoms with Crippen LogP contribution in [0.25, 0.3) is 10.9 Å². The molecule has 1 N–H and O–H groups in total. The Morgan fingerprint density at radius 1 is 1.36 bits per heavy atom. The molecule has 0 radical (unpaired) electrons. The first-order valence-corrected chi connectivity index (χ1v) is 4.62. The molecule has 14 heavy (non-hydrogen) atoms. The van der Waals surface area contributed by atoms with E-state index in [0.29, 0.717) is 6.54 Å². The van der Waals surface area contributed by atoms with Crippen molar-refractivity contribution in [3.8, 4) is 0 Å². The quantitative estimate of drug-likeness (QED) is 0.734. The fraction of sp³-hybridized carbons (Fsp3) is 0.273. The molecular formula is C11H14N2O. The van der Waals surface area contributed by atoms with Gasteiger partial charge in [-0.1, -0.05) is 18.2 Å². The lowest BCUT2D eigenvalue weighted by Crippen LogP contribution is -2.13. The van der Waals surface area contributed by atoms with Gasteiger partial charge in [0.15, 0.2) is 0 Å². The summed E-state index contributed by atoms with van der Waals surface area (Å²) >= 11 is 0. The first-order chi connectivity index (χ1) is 6.68. The second kappa shape index (κ2) is 3.44. The van der Waals surface area contributed by atoms with Gasteiger partial charge in [-0.15, -0.1) is 0 Å². The highest BCUT2D eigenvalue weighted by Crippen LogP contribution is 2.18. The monoisotopic (exact) mass is 190 g/mol. The van der Waals surface area contributed by atoms with Crippen molar-refractivity contribution in [2.45, 2.75) is 6.54 Å². The van der Waals surface area contributed by atoms with E-state index < -0.39 is 0 Å². The van der Waals surface area contributed by atoms with E-state index in [2.05, 4.69) is 22.8 Å². The highest BCUT2D eigenvalue weighted by atomic mass is 16.5. The molecule has 0 saturated carbocycles. The summed E-state index contributed by atoms with van der Waals surface area (Å²) in [5, 5.41) is 11.6. The van der Waals surface area contributed by atoms with Crippen molar-refractivity contribution in [2.24, 2.45) is 7.05 Å². The van der Waals surface area contributed by atoms with Crippen LogP contribution in [-0.2, 0) is 13.6 Å². The van der Waals surface area contributed by atoms with E-state index in [-0.39, 0.29) is 0 Å². The number of benzene rings is 1. The zero-order chi connectivity index (χ0) is 10.1. The molecule has 74 valence electrons. The van der Waals surface area contributed by atoms with Crippen LogP contribution in [0.15, 0.2) is 30.3 Å². The molecule has 1 heterocycles. The minimum Gasteiger partial charge on any atom is -0.346 e. The molecule has 2 rings (SSSR count). The Hall–Kier alpha value is -1.32. The molecule has 0 bridgehead atoms. The predicted molar refractivity (Wildman–Crippen MR) is 56.2 cm³/mol. The lowest BCUT2D eigenvalue weighted by molar-refractivity contribution is -0.0745. The molecule has 0 saturated heterocycles. The maximum absolute atomic E-state index is 9.18. The number of fused-ring (bicyclic) bond motifs is 1. The summed E-state index contributed by atoms with van der Waals surface area (Å²) < 4.78 is 2.10. The van der Waals surface area contributed by atoms with Crippen molar-refractivity contribution in [1.82, 2.24) is 9.63 Å². The number of para-hydroxylation sites is 1. The van der Waals surface area contributed by atoms with E-state index in [0.717, 1.165) is 5.69 Å². The third-order valence-corrected chi connectivity index (χ3v) is 2.44. The van der Waals surface area contributed by atoms with Crippen LogP contribution in [0.5, 0.6) is 0 Å². The van der Waals surface area contributed by atoms with Gasteiger partial charge in [0.2, 0.25) is 0 Å². The first kappa shape index (κ1) is 9.24. The van der Waals surface area contributed by atoms with Crippen molar-refractivity contribution < 1.29 is 5.21 Å². The molecule has 0 atom stereocenters. The second-order valence-corrected chi connectivity index (χ2v) is 3.57. The number of hydrogen-bond donors (Lipinski definition) is 1. The lowest BCUT2D eigenvalue weighted by atomic mass is 10.2. The summed E-state index contributed by atoms with van der Waals surface area (Å²) in [5.41, 5.74) is 2.31. The molecule has 3 nitrogen and oxygen atoms in total. The van der Waals surface area contributed by atoms with Crippen LogP contribution in [0.2, 0.25) is 0 Å². The van der Waals surface area contributed by atoms with Crippen LogP contribution in [0.1, 0.15) is 5.69 Å². The average molecular weight is 190 g/mol. The van der Waals surface area contributed by atoms with Gasteiger partial charge < -0.3 is 9.77 Å². The molecule has 0 aliphatic rings. The predicted octanol–water partition coefficient (Wildman–Crippen LogP) is 2.00. The third kappa shape index (κ3) is 1.52. The number of hydrogen-bond acceptors (Lipinski definition) is 2. The Labute approximate surface area is 83.1 Å². The van der Waals surface area contributed by atoms with E-state index in [1.807, 2.05) is 19.2 Å². The molecule has 2 aromatic rings. The summed E-state index contributed by atoms with van der Waals surface area (Å²) in [5.74, 6) is 0. The highest BCUT2D eigenvalue weighted by Gasteiger charge is 2.05. The Kier molecular flexibility index (Phi) is 2.27. The molecule has 3 heteroatoms. The standard InChI is InChI=1S/C11H14N2O/c1-12(14)8-10-7-9-5-3-4-6-11(9)13(10)2/h3-7,14H,8H2,1-2H3. The summed E-state index contributed by atoms with van der Waals surface area (Å²) in [6.07, 6.45) is 0. The van der Waals surface area contributed by atoms with Gasteiger partial charge in [0.1, 0.15) is 0 Å². The summed E-state index contributed by atoms with van der Waals surface area (Å²) in [6.45, 7) is 0.547. The Balaban J connectivity index is 2.51. The van der Waals surface area contributed by atoms with E-state index in [4.69, 9.17) is 0 Å². The van der Waals surface area contributed by atoms with E-state index in [1.165, 1.54) is 16.0 Å². The van der Waals surface area contributed by atoms with Crippen LogP contribution >= 0.6 is 0 Å². The first-order valence-electron chi connectivity index (χ1n) is 4.62. The maximum Gasteiger partial charge on any atom is 0.0638 e. The third-order valence-electron chi connectivity index (χ3n) is 2.44. The number of aromatic nitrogens is 1. The molecule has 1 aromatic carbocycles. The molecule has 0 aliphatic heterocycles. The molecule has 1 aromatic heterocycles. The topological polar surface area (TPSA) is 28.4 Å². The molecule has 0 unspecified atom stereocenters. The van der Waals surface area contributed by atoms with Crippen molar-refractivity contribution in [1.29, 1.82) is 0 Å². The van der Waals surface area contributed by atoms with Crippen molar-refractivity contribution in [3.05, 3.63) is 36.0 Å². The maximum atomic E-state index is 9.18. The Morgan fingerprint density at radius 3 is 2.71 bits per heavy atom. The van der Waals surface area contributed by atoms with E-state index >= 15 is 0 Å². The van der Waals surface area contributed by atoms with Gasteiger partial charge in [0, 0.05) is 25.3 Å². The second-order valence-electron chi connectivity index (χ2n) is 3.57. The smallest absolute Gasteiger partial charge is 0.0638 e. The molecule has 0 fully saturated rings. The van der Waals surface area contributed by atoms with Crippen LogP contribution in [0, 0.1) is 0 Å². The summed E-state index contributed by atoms with van der Waals surface area (Å²) in [6, 6.07) is 10.3. The van der Waals surface area contributed by atoms with Crippen molar-refractivity contribution in [3.63, 3.8) is 0 Å². The van der Waals surface area contributed by atoms with Gasteiger partial charge >= 0.3 is 0 Å². The Morgan fingerprint density at radius 2 is 2.07 bits per heavy atom. The largest absolute Gasteiger partial charge is 0.346 e. The normalized spacial score (nSPS) is 11.4. The van der Waals surface area contributed by atoms with Crippen LogP contribution in [0.3, 0.4) is 0 Å². The lowest BCUT2D eigenvalue weighted by Gasteiger charge is -2.08. The minimum absolute atomic E-state index is 0.547. The van der Waals surface area contributed by atoms with E-state index in [9.17, 15) is 5.21 Å². The average Bonchev–Trinajstić information content (AvgIpc) is 2.44. The fourth-order valence-corrected chi connectivity index (χ4v) is 1.73. The van der Waals surface area contributed by atoms with Crippen molar-refractivity contribution in [2.75, 3.05) is 7.05 Å². The highest BCUT2D eigenvalue weighted by molar-refractivity contribution is 5.81. The molecule has 0 spiro atoms. The minimum atomic E-state index is 0.547. The van der Waals surface area contributed by atoms with E-state index in [1.54, 1.807) is 7.05 Å². The van der Waals surface area contributed by atoms with Gasteiger partial charge in [-0.05, 0) is 17.5 Å². The molecule has 0 amide bonds. The number of rotatable bonds is 2. The van der Waals surface area contributed by atoms with Gasteiger partial charge in [-0.25, -0.2) is 0 Å². The van der Waals surface area contributed by atoms with Gasteiger partial charge in [-0.2, -0.15) is 5.06 Å². The van der Waals surface area contributed by atoms with Crippen molar-refractivity contribution >= 4 is 10.9 Å². The van der Waals surface area contributed by atoms with Gasteiger partial charge in [0.05, 0.1) is 6.54 Å². The van der Waals surface area contributed by atoms with Crippen LogP contribution in [0.4, 0.5) is 0 Å². The zero-order valence-electron chi connectivity index (χ0n) is 8.44. The van der Waals surface area contributed by atoms with Crippen LogP contribution in [-0.4, -0.2) is 21.9 Å². The molecule has 0 aliphatic carbocycles. The summed E-state index contributed by atoms with van der Waals surface area (Å²) in [4.78, 5) is 0. The number of hydroxylamine groups is 2.